The summed E-state index contributed by atoms with van der Waals surface area (Å²) in [4.78, 5) is 8.21. The molecule has 3 aromatic rings. The van der Waals surface area contributed by atoms with Crippen molar-refractivity contribution in [2.45, 2.75) is 52.1 Å². The van der Waals surface area contributed by atoms with Crippen molar-refractivity contribution < 1.29 is 23.0 Å². The van der Waals surface area contributed by atoms with E-state index in [1.165, 1.54) is 11.2 Å². The van der Waals surface area contributed by atoms with Gasteiger partial charge in [0.1, 0.15) is 22.9 Å². The number of sulfonamides is 1. The first-order valence-corrected chi connectivity index (χ1v) is 13.0. The lowest BCUT2D eigenvalue weighted by molar-refractivity contribution is 0.162. The molecule has 0 spiro atoms. The lowest BCUT2D eigenvalue weighted by Gasteiger charge is -2.28. The van der Waals surface area contributed by atoms with Gasteiger partial charge in [-0.1, -0.05) is 38.1 Å². The van der Waals surface area contributed by atoms with E-state index in [0.717, 1.165) is 16.7 Å². The molecular weight excluding hydrogens is 466 g/mol. The van der Waals surface area contributed by atoms with Gasteiger partial charge in [-0.3, -0.25) is 0 Å². The van der Waals surface area contributed by atoms with Gasteiger partial charge in [-0.15, -0.1) is 0 Å². The first kappa shape index (κ1) is 28.2. The molecule has 8 nitrogen and oxygen atoms in total. The Balaban J connectivity index is 0.00000210. The minimum absolute atomic E-state index is 0.0746. The van der Waals surface area contributed by atoms with E-state index in [9.17, 15) is 13.5 Å². The summed E-state index contributed by atoms with van der Waals surface area (Å²) in [5, 5.41) is 9.61. The molecule has 35 heavy (non-hydrogen) atoms. The summed E-state index contributed by atoms with van der Waals surface area (Å²) in [5.74, 6) is 1.44. The lowest BCUT2D eigenvalue weighted by Crippen LogP contribution is -2.40. The molecule has 0 unspecified atom stereocenters. The molecule has 1 N–H and O–H groups in total. The Morgan fingerprint density at radius 1 is 0.857 bits per heavy atom. The van der Waals surface area contributed by atoms with Gasteiger partial charge in [-0.25, -0.2) is 18.4 Å². The maximum Gasteiger partial charge on any atom is 0.220 e. The predicted molar refractivity (Wildman–Crippen MR) is 137 cm³/mol. The second kappa shape index (κ2) is 13.2. The first-order valence-electron chi connectivity index (χ1n) is 11.5. The molecule has 0 fully saturated rings. The van der Waals surface area contributed by atoms with E-state index in [4.69, 9.17) is 9.47 Å². The summed E-state index contributed by atoms with van der Waals surface area (Å²) < 4.78 is 39.0. The number of rotatable bonds is 10. The minimum atomic E-state index is -3.95. The van der Waals surface area contributed by atoms with Crippen LogP contribution < -0.4 is 9.47 Å². The van der Waals surface area contributed by atoms with Gasteiger partial charge < -0.3 is 14.6 Å². The molecule has 9 heteroatoms. The van der Waals surface area contributed by atoms with Crippen LogP contribution in [0.15, 0.2) is 60.9 Å². The van der Waals surface area contributed by atoms with Crippen molar-refractivity contribution in [2.24, 2.45) is 0 Å². The molecule has 2 aromatic carbocycles. The van der Waals surface area contributed by atoms with Crippen molar-refractivity contribution in [1.82, 2.24) is 14.3 Å². The average molecular weight is 502 g/mol. The third kappa shape index (κ3) is 7.48. The zero-order chi connectivity index (χ0) is 26.0. The van der Waals surface area contributed by atoms with Crippen LogP contribution in [0.25, 0.3) is 0 Å². The highest BCUT2D eigenvalue weighted by Gasteiger charge is 2.36. The van der Waals surface area contributed by atoms with E-state index >= 15 is 0 Å². The lowest BCUT2D eigenvalue weighted by atomic mass is 10.2. The number of aryl methyl sites for hydroxylation is 1. The van der Waals surface area contributed by atoms with Crippen LogP contribution >= 0.6 is 0 Å². The number of aliphatic hydroxyl groups excluding tert-OH is 1. The van der Waals surface area contributed by atoms with Gasteiger partial charge in [0.25, 0.3) is 0 Å². The van der Waals surface area contributed by atoms with Crippen LogP contribution in [0.4, 0.5) is 0 Å². The topological polar surface area (TPSA) is 102 Å². The number of ether oxygens (including phenoxy) is 2. The fourth-order valence-corrected chi connectivity index (χ4v) is 4.84. The third-order valence-corrected chi connectivity index (χ3v) is 7.55. The third-order valence-electron chi connectivity index (χ3n) is 5.38. The standard InChI is InChI=1S/C24H29N3O5S.C2H6/c1-17-13-25-24(26-14-17)23(28)18(2)33(29,30)27(15-19-5-9-21(31-3)10-6-19)16-20-7-11-22(32-4)12-8-20;1-2/h5-14,18,23,28H,15-16H2,1-4H3;1-2H3/t18-,23-;/m0./s1. The number of aromatic nitrogens is 2. The van der Waals surface area contributed by atoms with Crippen molar-refractivity contribution in [1.29, 1.82) is 0 Å². The Labute approximate surface area is 208 Å². The largest absolute Gasteiger partial charge is 0.497 e. The van der Waals surface area contributed by atoms with E-state index in [0.29, 0.717) is 11.5 Å². The Kier molecular flexibility index (Phi) is 10.6. The summed E-state index contributed by atoms with van der Waals surface area (Å²) in [6.07, 6.45) is 1.74. The second-order valence-electron chi connectivity index (χ2n) is 7.78. The Hall–Kier alpha value is -3.01. The van der Waals surface area contributed by atoms with Crippen molar-refractivity contribution >= 4 is 10.0 Å². The van der Waals surface area contributed by atoms with Crippen molar-refractivity contribution in [2.75, 3.05) is 14.2 Å². The smallest absolute Gasteiger partial charge is 0.220 e. The maximum absolute atomic E-state index is 13.6. The summed E-state index contributed by atoms with van der Waals surface area (Å²) in [6.45, 7) is 7.55. The van der Waals surface area contributed by atoms with Crippen molar-refractivity contribution in [3.05, 3.63) is 83.4 Å². The quantitative estimate of drug-likeness (QED) is 0.442. The number of benzene rings is 2. The van der Waals surface area contributed by atoms with E-state index in [1.807, 2.05) is 45.0 Å². The zero-order valence-corrected chi connectivity index (χ0v) is 22.0. The molecule has 1 aromatic heterocycles. The van der Waals surface area contributed by atoms with Crippen LogP contribution in [-0.4, -0.2) is 47.3 Å². The molecule has 1 heterocycles. The molecule has 0 aliphatic carbocycles. The maximum atomic E-state index is 13.6. The molecule has 0 bridgehead atoms. The molecule has 2 atom stereocenters. The first-order chi connectivity index (χ1) is 16.7. The van der Waals surface area contributed by atoms with Crippen molar-refractivity contribution in [3.63, 3.8) is 0 Å². The van der Waals surface area contributed by atoms with Crippen LogP contribution in [-0.2, 0) is 23.1 Å². The van der Waals surface area contributed by atoms with Crippen molar-refractivity contribution in [3.8, 4) is 11.5 Å². The van der Waals surface area contributed by atoms with E-state index in [-0.39, 0.29) is 18.9 Å². The fraction of sp³-hybridized carbons (Fsp3) is 0.385. The van der Waals surface area contributed by atoms with Crippen LogP contribution in [0.3, 0.4) is 0 Å². The van der Waals surface area contributed by atoms with Gasteiger partial charge in [-0.05, 0) is 54.8 Å². The van der Waals surface area contributed by atoms with Crippen LogP contribution in [0, 0.1) is 6.92 Å². The molecular formula is C26H35N3O5S. The fourth-order valence-electron chi connectivity index (χ4n) is 3.27. The Morgan fingerprint density at radius 3 is 1.63 bits per heavy atom. The highest BCUT2D eigenvalue weighted by Crippen LogP contribution is 2.26. The molecule has 0 saturated carbocycles. The Bertz CT molecular complexity index is 1090. The number of hydrogen-bond donors (Lipinski definition) is 1. The highest BCUT2D eigenvalue weighted by atomic mass is 32.2. The normalized spacial score (nSPS) is 12.9. The zero-order valence-electron chi connectivity index (χ0n) is 21.2. The van der Waals surface area contributed by atoms with E-state index in [2.05, 4.69) is 9.97 Å². The number of methoxy groups -OCH3 is 2. The van der Waals surface area contributed by atoms with Gasteiger partial charge >= 0.3 is 0 Å². The van der Waals surface area contributed by atoms with Gasteiger partial charge in [0.15, 0.2) is 5.82 Å². The van der Waals surface area contributed by atoms with E-state index < -0.39 is 21.4 Å². The highest BCUT2D eigenvalue weighted by molar-refractivity contribution is 7.89. The molecule has 0 amide bonds. The number of hydrogen-bond acceptors (Lipinski definition) is 7. The van der Waals surface area contributed by atoms with Gasteiger partial charge in [0.05, 0.1) is 14.2 Å². The number of nitrogens with zero attached hydrogens (tertiary/aromatic N) is 3. The second-order valence-corrected chi connectivity index (χ2v) is 10.1. The van der Waals surface area contributed by atoms with Gasteiger partial charge in [-0.2, -0.15) is 4.31 Å². The molecule has 190 valence electrons. The van der Waals surface area contributed by atoms with E-state index in [1.54, 1.807) is 50.9 Å². The summed E-state index contributed by atoms with van der Waals surface area (Å²) >= 11 is 0. The average Bonchev–Trinajstić information content (AvgIpc) is 2.89. The molecule has 0 aliphatic heterocycles. The van der Waals surface area contributed by atoms with Gasteiger partial charge in [0, 0.05) is 25.5 Å². The SMILES string of the molecule is CC.COc1ccc(CN(Cc2ccc(OC)cc2)S(=O)(=O)[C@@H](C)[C@H](O)c2ncc(C)cn2)cc1. The van der Waals surface area contributed by atoms with Crippen LogP contribution in [0.5, 0.6) is 11.5 Å². The van der Waals surface area contributed by atoms with Gasteiger partial charge in [0.2, 0.25) is 10.0 Å². The molecule has 0 aliphatic rings. The predicted octanol–water partition coefficient (Wildman–Crippen LogP) is 4.28. The minimum Gasteiger partial charge on any atom is -0.497 e. The molecule has 3 rings (SSSR count). The van der Waals surface area contributed by atoms with Crippen LogP contribution in [0.2, 0.25) is 0 Å². The summed E-state index contributed by atoms with van der Waals surface area (Å²) in [5.41, 5.74) is 2.41. The Morgan fingerprint density at radius 2 is 1.26 bits per heavy atom. The summed E-state index contributed by atoms with van der Waals surface area (Å²) in [6, 6.07) is 14.4. The monoisotopic (exact) mass is 501 g/mol. The number of aliphatic hydroxyl groups is 1. The summed E-state index contributed by atoms with van der Waals surface area (Å²) in [7, 11) is -0.795. The molecule has 0 saturated heterocycles. The van der Waals surface area contributed by atoms with Crippen LogP contribution in [0.1, 0.15) is 49.4 Å². The molecule has 0 radical (unpaired) electrons.